The van der Waals surface area contributed by atoms with Gasteiger partial charge in [0.1, 0.15) is 23.5 Å². The molecule has 2 amide bonds. The first-order valence-electron chi connectivity index (χ1n) is 12.8. The van der Waals surface area contributed by atoms with Crippen LogP contribution in [0.15, 0.2) is 54.7 Å². The van der Waals surface area contributed by atoms with Crippen molar-refractivity contribution in [2.24, 2.45) is 0 Å². The molecule has 0 unspecified atom stereocenters. The van der Waals surface area contributed by atoms with Crippen molar-refractivity contribution < 1.29 is 23.5 Å². The van der Waals surface area contributed by atoms with Gasteiger partial charge in [-0.2, -0.15) is 0 Å². The maximum absolute atomic E-state index is 14.2. The standard InChI is InChI=1S/C28H29ClFN5O4/c29-18-1-6-26(32-17-18)34-27(36)22-4-2-19(30)15-24(22)33-28(37)23-5-3-20(35-11-13-38-14-12-35)16-25(23)39-21-7-9-31-10-8-21/h1-6,15-17,21,31H,7-14H2,(H,33,37)(H,32,34,36). The third kappa shape index (κ3) is 6.83. The van der Waals surface area contributed by atoms with Crippen LogP contribution < -0.4 is 25.6 Å². The van der Waals surface area contributed by atoms with Crippen LogP contribution in [-0.2, 0) is 4.74 Å². The number of ether oxygens (including phenoxy) is 2. The fourth-order valence-corrected chi connectivity index (χ4v) is 4.66. The van der Waals surface area contributed by atoms with Crippen LogP contribution >= 0.6 is 11.6 Å². The highest BCUT2D eigenvalue weighted by Crippen LogP contribution is 2.30. The van der Waals surface area contributed by atoms with E-state index >= 15 is 0 Å². The molecule has 39 heavy (non-hydrogen) atoms. The largest absolute Gasteiger partial charge is 0.489 e. The van der Waals surface area contributed by atoms with Gasteiger partial charge in [-0.15, -0.1) is 0 Å². The lowest BCUT2D eigenvalue weighted by Gasteiger charge is -2.30. The molecule has 2 saturated heterocycles. The van der Waals surface area contributed by atoms with Gasteiger partial charge >= 0.3 is 0 Å². The molecular formula is C28H29ClFN5O4. The summed E-state index contributed by atoms with van der Waals surface area (Å²) in [4.78, 5) is 32.8. The van der Waals surface area contributed by atoms with E-state index in [1.54, 1.807) is 18.2 Å². The molecule has 0 spiro atoms. The van der Waals surface area contributed by atoms with E-state index in [4.69, 9.17) is 21.1 Å². The zero-order valence-electron chi connectivity index (χ0n) is 21.2. The molecule has 0 saturated carbocycles. The third-order valence-electron chi connectivity index (χ3n) is 6.61. The Morgan fingerprint density at radius 1 is 1.00 bits per heavy atom. The first-order chi connectivity index (χ1) is 19.0. The molecule has 9 nitrogen and oxygen atoms in total. The maximum atomic E-state index is 14.2. The normalized spacial score (nSPS) is 16.0. The fourth-order valence-electron chi connectivity index (χ4n) is 4.55. The molecule has 3 aromatic rings. The highest BCUT2D eigenvalue weighted by molar-refractivity contribution is 6.30. The number of anilines is 3. The molecular weight excluding hydrogens is 525 g/mol. The van der Waals surface area contributed by atoms with E-state index < -0.39 is 17.6 Å². The van der Waals surface area contributed by atoms with Gasteiger partial charge in [-0.25, -0.2) is 9.37 Å². The second kappa shape index (κ2) is 12.4. The minimum absolute atomic E-state index is 0.0246. The van der Waals surface area contributed by atoms with Crippen molar-refractivity contribution in [3.05, 3.63) is 76.7 Å². The van der Waals surface area contributed by atoms with E-state index in [-0.39, 0.29) is 23.2 Å². The van der Waals surface area contributed by atoms with Crippen molar-refractivity contribution in [2.75, 3.05) is 54.9 Å². The number of benzene rings is 2. The first-order valence-corrected chi connectivity index (χ1v) is 13.2. The molecule has 1 aromatic heterocycles. The predicted molar refractivity (Wildman–Crippen MR) is 148 cm³/mol. The number of carbonyl (C=O) groups is 2. The van der Waals surface area contributed by atoms with Gasteiger partial charge in [0.15, 0.2) is 0 Å². The number of rotatable bonds is 7. The summed E-state index contributed by atoms with van der Waals surface area (Å²) in [6, 6.07) is 12.1. The van der Waals surface area contributed by atoms with Crippen molar-refractivity contribution >= 4 is 40.6 Å². The number of nitrogens with one attached hydrogen (secondary N) is 3. The lowest BCUT2D eigenvalue weighted by molar-refractivity contribution is 0.101. The van der Waals surface area contributed by atoms with Crippen molar-refractivity contribution in [2.45, 2.75) is 18.9 Å². The Hall–Kier alpha value is -3.73. The molecule has 0 atom stereocenters. The Labute approximate surface area is 230 Å². The number of carbonyl (C=O) groups excluding carboxylic acids is 2. The van der Waals surface area contributed by atoms with E-state index in [9.17, 15) is 14.0 Å². The van der Waals surface area contributed by atoms with Crippen LogP contribution in [-0.4, -0.2) is 62.3 Å². The molecule has 3 heterocycles. The fraction of sp³-hybridized carbons (Fsp3) is 0.321. The zero-order valence-corrected chi connectivity index (χ0v) is 22.0. The predicted octanol–water partition coefficient (Wildman–Crippen LogP) is 4.35. The van der Waals surface area contributed by atoms with E-state index in [1.807, 2.05) is 12.1 Å². The molecule has 2 aromatic carbocycles. The summed E-state index contributed by atoms with van der Waals surface area (Å²) >= 11 is 5.87. The van der Waals surface area contributed by atoms with Crippen molar-refractivity contribution in [1.29, 1.82) is 0 Å². The minimum atomic E-state index is -0.597. The Kier molecular flexibility index (Phi) is 8.55. The van der Waals surface area contributed by atoms with Crippen LogP contribution in [0.4, 0.5) is 21.6 Å². The average molecular weight is 554 g/mol. The molecule has 0 bridgehead atoms. The lowest BCUT2D eigenvalue weighted by atomic mass is 10.1. The summed E-state index contributed by atoms with van der Waals surface area (Å²) in [5.41, 5.74) is 1.32. The van der Waals surface area contributed by atoms with Gasteiger partial charge in [-0.1, -0.05) is 11.6 Å². The highest BCUT2D eigenvalue weighted by atomic mass is 35.5. The number of amides is 2. The summed E-state index contributed by atoms with van der Waals surface area (Å²) in [5, 5.41) is 9.08. The Morgan fingerprint density at radius 2 is 1.74 bits per heavy atom. The van der Waals surface area contributed by atoms with E-state index in [0.29, 0.717) is 29.5 Å². The van der Waals surface area contributed by atoms with Gasteiger partial charge < -0.3 is 30.3 Å². The van der Waals surface area contributed by atoms with Gasteiger partial charge in [0, 0.05) is 31.0 Å². The second-order valence-corrected chi connectivity index (χ2v) is 9.74. The number of aromatic nitrogens is 1. The van der Waals surface area contributed by atoms with Crippen molar-refractivity contribution in [3.8, 4) is 5.75 Å². The topological polar surface area (TPSA) is 105 Å². The number of morpholine rings is 1. The smallest absolute Gasteiger partial charge is 0.259 e. The molecule has 2 fully saturated rings. The zero-order chi connectivity index (χ0) is 27.2. The van der Waals surface area contributed by atoms with Crippen LogP contribution in [0.2, 0.25) is 5.02 Å². The molecule has 5 rings (SSSR count). The molecule has 3 N–H and O–H groups in total. The van der Waals surface area contributed by atoms with Crippen LogP contribution in [0.3, 0.4) is 0 Å². The number of halogens is 2. The highest BCUT2D eigenvalue weighted by Gasteiger charge is 2.23. The van der Waals surface area contributed by atoms with Crippen molar-refractivity contribution in [1.82, 2.24) is 10.3 Å². The minimum Gasteiger partial charge on any atom is -0.489 e. The molecule has 2 aliphatic heterocycles. The Balaban J connectivity index is 1.40. The molecule has 204 valence electrons. The SMILES string of the molecule is O=C(Nc1ccc(Cl)cn1)c1ccc(F)cc1NC(=O)c1ccc(N2CCOCC2)cc1OC1CCNCC1. The molecule has 2 aliphatic rings. The van der Waals surface area contributed by atoms with Gasteiger partial charge in [0.25, 0.3) is 11.8 Å². The number of nitrogens with zero attached hydrogens (tertiary/aromatic N) is 2. The summed E-state index contributed by atoms with van der Waals surface area (Å²) in [6.07, 6.45) is 2.99. The molecule has 11 heteroatoms. The number of hydrogen-bond acceptors (Lipinski definition) is 7. The summed E-state index contributed by atoms with van der Waals surface area (Å²) in [7, 11) is 0. The monoisotopic (exact) mass is 553 g/mol. The summed E-state index contributed by atoms with van der Waals surface area (Å²) in [5.74, 6) is -0.968. The van der Waals surface area contributed by atoms with Crippen LogP contribution in [0, 0.1) is 5.82 Å². The van der Waals surface area contributed by atoms with E-state index in [2.05, 4.69) is 25.8 Å². The van der Waals surface area contributed by atoms with Gasteiger partial charge in [-0.05, 0) is 68.4 Å². The Bertz CT molecular complexity index is 1330. The van der Waals surface area contributed by atoms with Gasteiger partial charge in [0.05, 0.1) is 35.1 Å². The number of hydrogen-bond donors (Lipinski definition) is 3. The Morgan fingerprint density at radius 3 is 2.49 bits per heavy atom. The van der Waals surface area contributed by atoms with E-state index in [0.717, 1.165) is 56.8 Å². The maximum Gasteiger partial charge on any atom is 0.259 e. The molecule has 0 radical (unpaired) electrons. The number of pyridine rings is 1. The lowest BCUT2D eigenvalue weighted by Crippen LogP contribution is -2.36. The van der Waals surface area contributed by atoms with Gasteiger partial charge in [-0.3, -0.25) is 9.59 Å². The van der Waals surface area contributed by atoms with Crippen molar-refractivity contribution in [3.63, 3.8) is 0 Å². The summed E-state index contributed by atoms with van der Waals surface area (Å²) < 4.78 is 26.0. The average Bonchev–Trinajstić information content (AvgIpc) is 2.95. The molecule has 0 aliphatic carbocycles. The van der Waals surface area contributed by atoms with Crippen LogP contribution in [0.1, 0.15) is 33.6 Å². The summed E-state index contributed by atoms with van der Waals surface area (Å²) in [6.45, 7) is 4.40. The van der Waals surface area contributed by atoms with Gasteiger partial charge in [0.2, 0.25) is 0 Å². The van der Waals surface area contributed by atoms with E-state index in [1.165, 1.54) is 12.3 Å². The first kappa shape index (κ1) is 26.9. The van der Waals surface area contributed by atoms with Crippen LogP contribution in [0.5, 0.6) is 5.75 Å². The second-order valence-electron chi connectivity index (χ2n) is 9.31. The quantitative estimate of drug-likeness (QED) is 0.399. The third-order valence-corrected chi connectivity index (χ3v) is 6.83. The van der Waals surface area contributed by atoms with Crippen LogP contribution in [0.25, 0.3) is 0 Å². The number of piperidine rings is 1.